The van der Waals surface area contributed by atoms with Crippen LogP contribution in [0.5, 0.6) is 0 Å². The fourth-order valence-electron chi connectivity index (χ4n) is 2.05. The normalized spacial score (nSPS) is 12.2. The Morgan fingerprint density at radius 3 is 2.45 bits per heavy atom. The number of aliphatic hydroxyl groups is 1. The van der Waals surface area contributed by atoms with Crippen LogP contribution < -0.4 is 4.90 Å². The van der Waals surface area contributed by atoms with Gasteiger partial charge in [-0.05, 0) is 36.2 Å². The summed E-state index contributed by atoms with van der Waals surface area (Å²) in [5, 5.41) is 10.8. The number of nitrogens with zero attached hydrogens (tertiary/aromatic N) is 1. The first-order valence-corrected chi connectivity index (χ1v) is 6.85. The highest BCUT2D eigenvalue weighted by Gasteiger charge is 2.11. The van der Waals surface area contributed by atoms with Crippen molar-refractivity contribution in [1.29, 1.82) is 0 Å². The summed E-state index contributed by atoms with van der Waals surface area (Å²) in [4.78, 5) is 1.80. The Kier molecular flexibility index (Phi) is 4.99. The van der Waals surface area contributed by atoms with E-state index in [-0.39, 0.29) is 5.82 Å². The van der Waals surface area contributed by atoms with Crippen molar-refractivity contribution in [3.63, 3.8) is 0 Å². The van der Waals surface area contributed by atoms with E-state index < -0.39 is 6.10 Å². The van der Waals surface area contributed by atoms with Gasteiger partial charge < -0.3 is 10.0 Å². The van der Waals surface area contributed by atoms with Crippen LogP contribution in [-0.4, -0.2) is 18.7 Å². The van der Waals surface area contributed by atoms with Crippen LogP contribution >= 0.6 is 11.6 Å². The smallest absolute Gasteiger partial charge is 0.146 e. The van der Waals surface area contributed by atoms with E-state index in [0.29, 0.717) is 23.7 Å². The number of halogens is 2. The lowest BCUT2D eigenvalue weighted by Crippen LogP contribution is -2.21. The molecule has 0 aliphatic carbocycles. The van der Waals surface area contributed by atoms with E-state index in [1.807, 2.05) is 7.05 Å². The topological polar surface area (TPSA) is 23.5 Å². The average molecular weight is 294 g/mol. The third kappa shape index (κ3) is 3.71. The molecule has 0 radical (unpaired) electrons. The molecule has 0 amide bonds. The Labute approximate surface area is 123 Å². The van der Waals surface area contributed by atoms with Crippen LogP contribution in [0.2, 0.25) is 5.02 Å². The maximum absolute atomic E-state index is 13.6. The Bertz CT molecular complexity index is 559. The van der Waals surface area contributed by atoms with Gasteiger partial charge in [0.25, 0.3) is 0 Å². The van der Waals surface area contributed by atoms with Crippen LogP contribution in [0, 0.1) is 5.82 Å². The summed E-state index contributed by atoms with van der Waals surface area (Å²) in [6.07, 6.45) is -0.0616. The summed E-state index contributed by atoms with van der Waals surface area (Å²) in [7, 11) is 1.81. The molecule has 0 saturated heterocycles. The van der Waals surface area contributed by atoms with Gasteiger partial charge in [0, 0.05) is 18.6 Å². The van der Waals surface area contributed by atoms with Crippen LogP contribution in [0.3, 0.4) is 0 Å². The Balaban J connectivity index is 1.95. The van der Waals surface area contributed by atoms with E-state index in [1.54, 1.807) is 47.4 Å². The minimum absolute atomic E-state index is 0.254. The predicted octanol–water partition coefficient (Wildman–Crippen LogP) is 4.04. The molecule has 2 aromatic rings. The SMILES string of the molecule is CN(CCC(O)c1ccc(Cl)cc1)c1ccccc1F. The van der Waals surface area contributed by atoms with E-state index in [9.17, 15) is 9.50 Å². The second-order valence-electron chi connectivity index (χ2n) is 4.73. The van der Waals surface area contributed by atoms with E-state index in [2.05, 4.69) is 0 Å². The number of hydrogen-bond donors (Lipinski definition) is 1. The molecule has 0 bridgehead atoms. The van der Waals surface area contributed by atoms with Crippen molar-refractivity contribution in [2.45, 2.75) is 12.5 Å². The number of benzene rings is 2. The van der Waals surface area contributed by atoms with Gasteiger partial charge in [-0.3, -0.25) is 0 Å². The summed E-state index contributed by atoms with van der Waals surface area (Å²) in [6, 6.07) is 13.7. The minimum Gasteiger partial charge on any atom is -0.388 e. The molecule has 0 heterocycles. The minimum atomic E-state index is -0.582. The summed E-state index contributed by atoms with van der Waals surface area (Å²) in [5.41, 5.74) is 1.35. The maximum Gasteiger partial charge on any atom is 0.146 e. The molecule has 0 aromatic heterocycles. The first-order chi connectivity index (χ1) is 9.58. The van der Waals surface area contributed by atoms with Crippen molar-refractivity contribution < 1.29 is 9.50 Å². The highest BCUT2D eigenvalue weighted by Crippen LogP contribution is 2.22. The van der Waals surface area contributed by atoms with E-state index in [4.69, 9.17) is 11.6 Å². The van der Waals surface area contributed by atoms with Crippen LogP contribution in [0.4, 0.5) is 10.1 Å². The van der Waals surface area contributed by atoms with Gasteiger partial charge in [-0.25, -0.2) is 4.39 Å². The van der Waals surface area contributed by atoms with Gasteiger partial charge in [-0.2, -0.15) is 0 Å². The van der Waals surface area contributed by atoms with E-state index >= 15 is 0 Å². The number of rotatable bonds is 5. The van der Waals surface area contributed by atoms with Crippen molar-refractivity contribution >= 4 is 17.3 Å². The first-order valence-electron chi connectivity index (χ1n) is 6.47. The molecule has 2 aromatic carbocycles. The van der Waals surface area contributed by atoms with Crippen molar-refractivity contribution in [1.82, 2.24) is 0 Å². The van der Waals surface area contributed by atoms with Gasteiger partial charge in [-0.1, -0.05) is 35.9 Å². The molecule has 0 aliphatic rings. The zero-order valence-corrected chi connectivity index (χ0v) is 12.0. The van der Waals surface area contributed by atoms with Gasteiger partial charge in [0.05, 0.1) is 11.8 Å². The molecule has 1 unspecified atom stereocenters. The molecular formula is C16H17ClFNO. The van der Waals surface area contributed by atoms with Crippen LogP contribution in [0.25, 0.3) is 0 Å². The fraction of sp³-hybridized carbons (Fsp3) is 0.250. The van der Waals surface area contributed by atoms with E-state index in [1.165, 1.54) is 6.07 Å². The molecular weight excluding hydrogens is 277 g/mol. The van der Waals surface area contributed by atoms with Gasteiger partial charge in [0.1, 0.15) is 5.82 Å². The van der Waals surface area contributed by atoms with Gasteiger partial charge in [-0.15, -0.1) is 0 Å². The lowest BCUT2D eigenvalue weighted by molar-refractivity contribution is 0.170. The number of aliphatic hydroxyl groups excluding tert-OH is 1. The Hall–Kier alpha value is -1.58. The molecule has 0 spiro atoms. The largest absolute Gasteiger partial charge is 0.388 e. The fourth-order valence-corrected chi connectivity index (χ4v) is 2.18. The van der Waals surface area contributed by atoms with E-state index in [0.717, 1.165) is 5.56 Å². The Morgan fingerprint density at radius 1 is 1.15 bits per heavy atom. The van der Waals surface area contributed by atoms with Crippen molar-refractivity contribution in [2.75, 3.05) is 18.5 Å². The second-order valence-corrected chi connectivity index (χ2v) is 5.17. The van der Waals surface area contributed by atoms with Crippen LogP contribution in [0.1, 0.15) is 18.1 Å². The van der Waals surface area contributed by atoms with Crippen molar-refractivity contribution in [3.8, 4) is 0 Å². The zero-order chi connectivity index (χ0) is 14.5. The highest BCUT2D eigenvalue weighted by molar-refractivity contribution is 6.30. The second kappa shape index (κ2) is 6.73. The number of anilines is 1. The first kappa shape index (κ1) is 14.8. The molecule has 2 nitrogen and oxygen atoms in total. The average Bonchev–Trinajstić information content (AvgIpc) is 2.45. The molecule has 0 saturated carbocycles. The van der Waals surface area contributed by atoms with Crippen molar-refractivity contribution in [3.05, 3.63) is 64.9 Å². The van der Waals surface area contributed by atoms with Crippen LogP contribution in [0.15, 0.2) is 48.5 Å². The zero-order valence-electron chi connectivity index (χ0n) is 11.3. The highest BCUT2D eigenvalue weighted by atomic mass is 35.5. The third-order valence-electron chi connectivity index (χ3n) is 3.26. The summed E-state index contributed by atoms with van der Waals surface area (Å²) < 4.78 is 13.6. The molecule has 4 heteroatoms. The summed E-state index contributed by atoms with van der Waals surface area (Å²) in [5.74, 6) is -0.254. The standard InChI is InChI=1S/C16H17ClFNO/c1-19(15-5-3-2-4-14(15)18)11-10-16(20)12-6-8-13(17)9-7-12/h2-9,16,20H,10-11H2,1H3. The monoisotopic (exact) mass is 293 g/mol. The lowest BCUT2D eigenvalue weighted by Gasteiger charge is -2.21. The van der Waals surface area contributed by atoms with Crippen LogP contribution in [-0.2, 0) is 0 Å². The number of para-hydroxylation sites is 1. The molecule has 2 rings (SSSR count). The van der Waals surface area contributed by atoms with Gasteiger partial charge in [0.15, 0.2) is 0 Å². The quantitative estimate of drug-likeness (QED) is 0.899. The molecule has 20 heavy (non-hydrogen) atoms. The summed E-state index contributed by atoms with van der Waals surface area (Å²) in [6.45, 7) is 0.560. The molecule has 1 N–H and O–H groups in total. The molecule has 0 fully saturated rings. The lowest BCUT2D eigenvalue weighted by atomic mass is 10.1. The van der Waals surface area contributed by atoms with Gasteiger partial charge >= 0.3 is 0 Å². The number of hydrogen-bond acceptors (Lipinski definition) is 2. The molecule has 0 aliphatic heterocycles. The molecule has 1 atom stereocenters. The Morgan fingerprint density at radius 2 is 1.80 bits per heavy atom. The maximum atomic E-state index is 13.6. The predicted molar refractivity (Wildman–Crippen MR) is 80.7 cm³/mol. The van der Waals surface area contributed by atoms with Gasteiger partial charge in [0.2, 0.25) is 0 Å². The summed E-state index contributed by atoms with van der Waals surface area (Å²) >= 11 is 5.81. The molecule has 106 valence electrons. The third-order valence-corrected chi connectivity index (χ3v) is 3.51. The van der Waals surface area contributed by atoms with Crippen molar-refractivity contribution in [2.24, 2.45) is 0 Å².